The lowest BCUT2D eigenvalue weighted by Crippen LogP contribution is -2.25. The second kappa shape index (κ2) is 5.07. The van der Waals surface area contributed by atoms with Crippen molar-refractivity contribution in [3.8, 4) is 0 Å². The average Bonchev–Trinajstić information content (AvgIpc) is 2.09. The molecule has 0 fully saturated rings. The van der Waals surface area contributed by atoms with Gasteiger partial charge in [-0.2, -0.15) is 5.10 Å². The van der Waals surface area contributed by atoms with Crippen LogP contribution >= 0.6 is 11.6 Å². The Morgan fingerprint density at radius 3 is 2.73 bits per heavy atom. The molecular formula is C10H13ClN2O2. The summed E-state index contributed by atoms with van der Waals surface area (Å²) in [6.07, 6.45) is 0.0555. The Kier molecular flexibility index (Phi) is 4.03. The van der Waals surface area contributed by atoms with E-state index < -0.39 is 5.24 Å². The van der Waals surface area contributed by atoms with Crippen molar-refractivity contribution in [2.24, 2.45) is 5.92 Å². The molecule has 0 unspecified atom stereocenters. The van der Waals surface area contributed by atoms with E-state index in [2.05, 4.69) is 5.10 Å². The average molecular weight is 229 g/mol. The van der Waals surface area contributed by atoms with Crippen LogP contribution in [0.3, 0.4) is 0 Å². The van der Waals surface area contributed by atoms with Crippen LogP contribution in [0, 0.1) is 5.92 Å². The zero-order valence-corrected chi connectivity index (χ0v) is 9.49. The van der Waals surface area contributed by atoms with Gasteiger partial charge in [0, 0.05) is 12.6 Å². The molecule has 0 atom stereocenters. The van der Waals surface area contributed by atoms with E-state index in [0.29, 0.717) is 18.2 Å². The molecule has 0 aliphatic carbocycles. The molecule has 1 aromatic rings. The van der Waals surface area contributed by atoms with Crippen LogP contribution in [-0.4, -0.2) is 15.0 Å². The third-order valence-corrected chi connectivity index (χ3v) is 1.91. The summed E-state index contributed by atoms with van der Waals surface area (Å²) in [6, 6.07) is 2.93. The molecule has 0 radical (unpaired) electrons. The highest BCUT2D eigenvalue weighted by Crippen LogP contribution is 1.98. The molecule has 0 aromatic carbocycles. The van der Waals surface area contributed by atoms with Gasteiger partial charge >= 0.3 is 0 Å². The van der Waals surface area contributed by atoms with Crippen molar-refractivity contribution in [3.05, 3.63) is 28.2 Å². The van der Waals surface area contributed by atoms with Crippen molar-refractivity contribution >= 4 is 16.8 Å². The van der Waals surface area contributed by atoms with E-state index in [1.54, 1.807) is 0 Å². The summed E-state index contributed by atoms with van der Waals surface area (Å²) in [7, 11) is 0. The van der Waals surface area contributed by atoms with Gasteiger partial charge in [-0.15, -0.1) is 0 Å². The minimum atomic E-state index is -0.475. The highest BCUT2D eigenvalue weighted by Gasteiger charge is 2.05. The van der Waals surface area contributed by atoms with Crippen LogP contribution in [0.1, 0.15) is 19.5 Å². The zero-order chi connectivity index (χ0) is 11.4. The van der Waals surface area contributed by atoms with Gasteiger partial charge < -0.3 is 0 Å². The first-order valence-corrected chi connectivity index (χ1v) is 5.12. The Morgan fingerprint density at radius 1 is 1.53 bits per heavy atom. The van der Waals surface area contributed by atoms with Gasteiger partial charge in [-0.25, -0.2) is 4.68 Å². The number of hydrogen-bond donors (Lipinski definition) is 0. The second-order valence-electron chi connectivity index (χ2n) is 3.77. The van der Waals surface area contributed by atoms with Gasteiger partial charge in [0.2, 0.25) is 5.24 Å². The van der Waals surface area contributed by atoms with E-state index in [4.69, 9.17) is 11.6 Å². The highest BCUT2D eigenvalue weighted by atomic mass is 35.5. The van der Waals surface area contributed by atoms with Crippen LogP contribution in [0.2, 0.25) is 0 Å². The molecule has 0 spiro atoms. The summed E-state index contributed by atoms with van der Waals surface area (Å²) in [5.74, 6) is 0.331. The Morgan fingerprint density at radius 2 is 2.20 bits per heavy atom. The van der Waals surface area contributed by atoms with Crippen LogP contribution in [-0.2, 0) is 17.8 Å². The van der Waals surface area contributed by atoms with Gasteiger partial charge in [0.15, 0.2) is 0 Å². The summed E-state index contributed by atoms with van der Waals surface area (Å²) < 4.78 is 1.36. The summed E-state index contributed by atoms with van der Waals surface area (Å²) >= 11 is 5.24. The fourth-order valence-corrected chi connectivity index (χ4v) is 1.34. The van der Waals surface area contributed by atoms with Crippen molar-refractivity contribution in [1.82, 2.24) is 9.78 Å². The Bertz CT molecular complexity index is 412. The van der Waals surface area contributed by atoms with Gasteiger partial charge in [0.05, 0.1) is 12.1 Å². The van der Waals surface area contributed by atoms with E-state index in [0.717, 1.165) is 0 Å². The Labute approximate surface area is 92.9 Å². The standard InChI is InChI=1S/C10H13ClN2O2/c1-7(2)6-13-10(15)4-3-8(12-13)5-9(11)14/h3-4,7H,5-6H2,1-2H3. The fourth-order valence-electron chi connectivity index (χ4n) is 1.20. The van der Waals surface area contributed by atoms with Gasteiger partial charge in [0.25, 0.3) is 5.56 Å². The molecule has 1 rings (SSSR count). The van der Waals surface area contributed by atoms with Crippen molar-refractivity contribution < 1.29 is 4.79 Å². The number of aromatic nitrogens is 2. The summed E-state index contributed by atoms with van der Waals surface area (Å²) in [5, 5.41) is 3.58. The van der Waals surface area contributed by atoms with Crippen molar-refractivity contribution in [2.45, 2.75) is 26.8 Å². The first kappa shape index (κ1) is 11.9. The van der Waals surface area contributed by atoms with E-state index in [1.807, 2.05) is 13.8 Å². The maximum atomic E-state index is 11.4. The van der Waals surface area contributed by atoms with E-state index in [-0.39, 0.29) is 12.0 Å². The van der Waals surface area contributed by atoms with Crippen LogP contribution in [0.4, 0.5) is 0 Å². The van der Waals surface area contributed by atoms with Crippen molar-refractivity contribution in [2.75, 3.05) is 0 Å². The molecule has 82 valence electrons. The quantitative estimate of drug-likeness (QED) is 0.728. The Hall–Kier alpha value is -1.16. The van der Waals surface area contributed by atoms with Crippen LogP contribution in [0.5, 0.6) is 0 Å². The maximum Gasteiger partial charge on any atom is 0.266 e. The normalized spacial score (nSPS) is 10.7. The molecule has 1 heterocycles. The van der Waals surface area contributed by atoms with Crippen molar-refractivity contribution in [3.63, 3.8) is 0 Å². The minimum absolute atomic E-state index is 0.0555. The number of hydrogen-bond acceptors (Lipinski definition) is 3. The zero-order valence-electron chi connectivity index (χ0n) is 8.74. The van der Waals surface area contributed by atoms with Gasteiger partial charge in [-0.1, -0.05) is 13.8 Å². The molecule has 0 amide bonds. The molecular weight excluding hydrogens is 216 g/mol. The lowest BCUT2D eigenvalue weighted by Gasteiger charge is -2.07. The van der Waals surface area contributed by atoms with E-state index in [9.17, 15) is 9.59 Å². The predicted molar refractivity (Wildman–Crippen MR) is 57.9 cm³/mol. The number of carbonyl (C=O) groups excluding carboxylic acids is 1. The second-order valence-corrected chi connectivity index (χ2v) is 4.19. The maximum absolute atomic E-state index is 11.4. The summed E-state index contributed by atoms with van der Waals surface area (Å²) in [6.45, 7) is 4.53. The highest BCUT2D eigenvalue weighted by molar-refractivity contribution is 6.63. The first-order valence-electron chi connectivity index (χ1n) is 4.74. The molecule has 1 aromatic heterocycles. The minimum Gasteiger partial charge on any atom is -0.281 e. The van der Waals surface area contributed by atoms with E-state index in [1.165, 1.54) is 16.8 Å². The van der Waals surface area contributed by atoms with Gasteiger partial charge in [-0.3, -0.25) is 9.59 Å². The molecule has 4 nitrogen and oxygen atoms in total. The van der Waals surface area contributed by atoms with E-state index >= 15 is 0 Å². The number of nitrogens with zero attached hydrogens (tertiary/aromatic N) is 2. The smallest absolute Gasteiger partial charge is 0.266 e. The topological polar surface area (TPSA) is 52.0 Å². The number of halogens is 1. The molecule has 0 aliphatic heterocycles. The summed E-state index contributed by atoms with van der Waals surface area (Å²) in [4.78, 5) is 22.0. The van der Waals surface area contributed by atoms with Crippen molar-refractivity contribution in [1.29, 1.82) is 0 Å². The Balaban J connectivity index is 2.94. The molecule has 0 bridgehead atoms. The number of rotatable bonds is 4. The predicted octanol–water partition coefficient (Wildman–Crippen LogP) is 1.21. The first-order chi connectivity index (χ1) is 6.99. The number of carbonyl (C=O) groups is 1. The lowest BCUT2D eigenvalue weighted by molar-refractivity contribution is -0.111. The molecule has 5 heteroatoms. The van der Waals surface area contributed by atoms with Gasteiger partial charge in [0.1, 0.15) is 0 Å². The van der Waals surface area contributed by atoms with Crippen LogP contribution in [0.15, 0.2) is 16.9 Å². The third kappa shape index (κ3) is 3.83. The fraction of sp³-hybridized carbons (Fsp3) is 0.500. The molecule has 0 saturated carbocycles. The summed E-state index contributed by atoms with van der Waals surface area (Å²) in [5.41, 5.74) is 0.365. The SMILES string of the molecule is CC(C)Cn1nc(CC(=O)Cl)ccc1=O. The van der Waals surface area contributed by atoms with Crippen LogP contribution in [0.25, 0.3) is 0 Å². The monoisotopic (exact) mass is 228 g/mol. The molecule has 15 heavy (non-hydrogen) atoms. The van der Waals surface area contributed by atoms with Crippen LogP contribution < -0.4 is 5.56 Å². The largest absolute Gasteiger partial charge is 0.281 e. The molecule has 0 N–H and O–H groups in total. The third-order valence-electron chi connectivity index (χ3n) is 1.78. The molecule has 0 saturated heterocycles. The molecule has 0 aliphatic rings. The lowest BCUT2D eigenvalue weighted by atomic mass is 10.2. The van der Waals surface area contributed by atoms with Gasteiger partial charge in [-0.05, 0) is 23.6 Å².